The predicted octanol–water partition coefficient (Wildman–Crippen LogP) is 3.48. The summed E-state index contributed by atoms with van der Waals surface area (Å²) in [7, 11) is 6.13. The second-order valence-corrected chi connectivity index (χ2v) is 8.08. The van der Waals surface area contributed by atoms with Crippen LogP contribution in [-0.4, -0.2) is 69.6 Å². The lowest BCUT2D eigenvalue weighted by atomic mass is 10.1. The Morgan fingerprint density at radius 1 is 1.11 bits per heavy atom. The van der Waals surface area contributed by atoms with E-state index in [4.69, 9.17) is 4.42 Å². The predicted molar refractivity (Wildman–Crippen MR) is 118 cm³/mol. The Labute approximate surface area is 171 Å². The second kappa shape index (κ2) is 13.6. The van der Waals surface area contributed by atoms with E-state index in [1.165, 1.54) is 57.9 Å². The number of likely N-dealkylation sites (tertiary alicyclic amines) is 1. The fraction of sp³-hybridized carbons (Fsp3) is 0.773. The van der Waals surface area contributed by atoms with Crippen LogP contribution in [-0.2, 0) is 0 Å². The average molecular weight is 392 g/mol. The number of piperidine rings is 1. The Hall–Kier alpha value is -1.53. The van der Waals surface area contributed by atoms with Gasteiger partial charge in [0.1, 0.15) is 5.76 Å². The molecular weight excluding hydrogens is 350 g/mol. The molecule has 1 aromatic rings. The smallest absolute Gasteiger partial charge is 0.191 e. The molecule has 1 aliphatic rings. The number of aliphatic imine (C=N–C) groups is 1. The molecule has 0 bridgehead atoms. The van der Waals surface area contributed by atoms with Crippen molar-refractivity contribution < 1.29 is 4.42 Å². The summed E-state index contributed by atoms with van der Waals surface area (Å²) < 4.78 is 5.73. The van der Waals surface area contributed by atoms with Gasteiger partial charge in [-0.05, 0) is 71.5 Å². The monoisotopic (exact) mass is 391 g/mol. The molecular formula is C22H41N5O. The first-order valence-corrected chi connectivity index (χ1v) is 11.1. The fourth-order valence-corrected chi connectivity index (χ4v) is 3.82. The summed E-state index contributed by atoms with van der Waals surface area (Å²) in [5.41, 5.74) is 0. The Bertz CT molecular complexity index is 523. The molecule has 6 nitrogen and oxygen atoms in total. The molecule has 0 aliphatic carbocycles. The maximum atomic E-state index is 5.73. The van der Waals surface area contributed by atoms with Gasteiger partial charge in [-0.2, -0.15) is 0 Å². The van der Waals surface area contributed by atoms with E-state index in [0.29, 0.717) is 0 Å². The first-order chi connectivity index (χ1) is 13.7. The molecule has 2 heterocycles. The van der Waals surface area contributed by atoms with Crippen LogP contribution in [0, 0.1) is 0 Å². The third-order valence-electron chi connectivity index (χ3n) is 5.46. The van der Waals surface area contributed by atoms with Gasteiger partial charge in [0.2, 0.25) is 0 Å². The molecule has 6 heteroatoms. The number of rotatable bonds is 12. The molecule has 1 atom stereocenters. The first kappa shape index (κ1) is 22.8. The Morgan fingerprint density at radius 2 is 1.86 bits per heavy atom. The summed E-state index contributed by atoms with van der Waals surface area (Å²) in [4.78, 5) is 9.19. The summed E-state index contributed by atoms with van der Waals surface area (Å²) in [6, 6.07) is 4.34. The van der Waals surface area contributed by atoms with Crippen molar-refractivity contribution >= 4 is 5.96 Å². The van der Waals surface area contributed by atoms with E-state index in [2.05, 4.69) is 45.6 Å². The quantitative estimate of drug-likeness (QED) is 0.325. The van der Waals surface area contributed by atoms with Crippen LogP contribution < -0.4 is 10.6 Å². The van der Waals surface area contributed by atoms with Gasteiger partial charge < -0.3 is 20.0 Å². The minimum atomic E-state index is 0.269. The summed E-state index contributed by atoms with van der Waals surface area (Å²) >= 11 is 0. The minimum Gasteiger partial charge on any atom is -0.468 e. The van der Waals surface area contributed by atoms with Crippen molar-refractivity contribution in [2.45, 2.75) is 57.4 Å². The van der Waals surface area contributed by atoms with E-state index in [9.17, 15) is 0 Å². The molecule has 1 aliphatic heterocycles. The van der Waals surface area contributed by atoms with Crippen molar-refractivity contribution in [3.05, 3.63) is 24.2 Å². The van der Waals surface area contributed by atoms with E-state index >= 15 is 0 Å². The third-order valence-corrected chi connectivity index (χ3v) is 5.46. The standard InChI is InChI=1S/C22H41N5O/c1-23-22(24-14-8-5-4-6-9-15-26(2)3)25-19-20(21-13-12-18-28-21)27-16-10-7-11-17-27/h12-13,18,20H,4-11,14-17,19H2,1-3H3,(H2,23,24,25). The van der Waals surface area contributed by atoms with E-state index in [0.717, 1.165) is 37.9 Å². The zero-order valence-electron chi connectivity index (χ0n) is 18.3. The zero-order valence-corrected chi connectivity index (χ0v) is 18.3. The van der Waals surface area contributed by atoms with Crippen molar-refractivity contribution in [3.63, 3.8) is 0 Å². The molecule has 1 aromatic heterocycles. The molecule has 0 saturated carbocycles. The third kappa shape index (κ3) is 8.65. The van der Waals surface area contributed by atoms with Gasteiger partial charge in [-0.25, -0.2) is 0 Å². The highest BCUT2D eigenvalue weighted by molar-refractivity contribution is 5.79. The normalized spacial score (nSPS) is 17.1. The molecule has 160 valence electrons. The Kier molecular flexibility index (Phi) is 11.1. The number of furan rings is 1. The lowest BCUT2D eigenvalue weighted by Gasteiger charge is -2.33. The molecule has 0 amide bonds. The van der Waals surface area contributed by atoms with Crippen molar-refractivity contribution in [3.8, 4) is 0 Å². The SMILES string of the molecule is CN=C(NCCCCCCCN(C)C)NCC(c1ccco1)N1CCCCC1. The van der Waals surface area contributed by atoms with Gasteiger partial charge in [-0.3, -0.25) is 9.89 Å². The Balaban J connectivity index is 1.66. The molecule has 28 heavy (non-hydrogen) atoms. The fourth-order valence-electron chi connectivity index (χ4n) is 3.82. The summed E-state index contributed by atoms with van der Waals surface area (Å²) in [5.74, 6) is 1.93. The molecule has 2 rings (SSSR count). The van der Waals surface area contributed by atoms with Crippen LogP contribution in [0.25, 0.3) is 0 Å². The van der Waals surface area contributed by atoms with Gasteiger partial charge >= 0.3 is 0 Å². The van der Waals surface area contributed by atoms with Crippen molar-refractivity contribution in [2.75, 3.05) is 53.9 Å². The largest absolute Gasteiger partial charge is 0.468 e. The summed E-state index contributed by atoms with van der Waals surface area (Å²) in [6.07, 6.45) is 12.1. The van der Waals surface area contributed by atoms with Crippen molar-refractivity contribution in [1.29, 1.82) is 0 Å². The lowest BCUT2D eigenvalue weighted by molar-refractivity contribution is 0.146. The number of hydrogen-bond donors (Lipinski definition) is 2. The number of nitrogens with one attached hydrogen (secondary N) is 2. The van der Waals surface area contributed by atoms with Crippen LogP contribution in [0.2, 0.25) is 0 Å². The average Bonchev–Trinajstić information content (AvgIpc) is 3.23. The molecule has 2 N–H and O–H groups in total. The molecule has 1 unspecified atom stereocenters. The van der Waals surface area contributed by atoms with Crippen LogP contribution >= 0.6 is 0 Å². The number of nitrogens with zero attached hydrogens (tertiary/aromatic N) is 3. The van der Waals surface area contributed by atoms with Crippen LogP contribution in [0.4, 0.5) is 0 Å². The second-order valence-electron chi connectivity index (χ2n) is 8.08. The molecule has 0 radical (unpaired) electrons. The van der Waals surface area contributed by atoms with Gasteiger partial charge in [0, 0.05) is 20.1 Å². The van der Waals surface area contributed by atoms with Gasteiger partial charge in [0.25, 0.3) is 0 Å². The van der Waals surface area contributed by atoms with Gasteiger partial charge in [0.15, 0.2) is 5.96 Å². The molecule has 0 aromatic carbocycles. The van der Waals surface area contributed by atoms with Gasteiger partial charge in [-0.1, -0.05) is 25.7 Å². The van der Waals surface area contributed by atoms with Crippen LogP contribution in [0.1, 0.15) is 63.2 Å². The number of guanidine groups is 1. The highest BCUT2D eigenvalue weighted by Gasteiger charge is 2.24. The highest BCUT2D eigenvalue weighted by Crippen LogP contribution is 2.24. The lowest BCUT2D eigenvalue weighted by Crippen LogP contribution is -2.44. The topological polar surface area (TPSA) is 56.0 Å². The maximum absolute atomic E-state index is 5.73. The Morgan fingerprint density at radius 3 is 2.54 bits per heavy atom. The highest BCUT2D eigenvalue weighted by atomic mass is 16.3. The maximum Gasteiger partial charge on any atom is 0.191 e. The zero-order chi connectivity index (χ0) is 20.0. The number of hydrogen-bond acceptors (Lipinski definition) is 4. The van der Waals surface area contributed by atoms with E-state index in [1.54, 1.807) is 6.26 Å². The number of unbranched alkanes of at least 4 members (excludes halogenated alkanes) is 4. The van der Waals surface area contributed by atoms with Gasteiger partial charge in [-0.15, -0.1) is 0 Å². The minimum absolute atomic E-state index is 0.269. The molecule has 1 fully saturated rings. The first-order valence-electron chi connectivity index (χ1n) is 11.1. The molecule has 0 spiro atoms. The van der Waals surface area contributed by atoms with Crippen molar-refractivity contribution in [2.24, 2.45) is 4.99 Å². The molecule has 1 saturated heterocycles. The van der Waals surface area contributed by atoms with E-state index in [-0.39, 0.29) is 6.04 Å². The van der Waals surface area contributed by atoms with Crippen molar-refractivity contribution in [1.82, 2.24) is 20.4 Å². The van der Waals surface area contributed by atoms with E-state index in [1.807, 2.05) is 13.1 Å². The van der Waals surface area contributed by atoms with Crippen LogP contribution in [0.3, 0.4) is 0 Å². The van der Waals surface area contributed by atoms with Crippen LogP contribution in [0.15, 0.2) is 27.8 Å². The van der Waals surface area contributed by atoms with Crippen LogP contribution in [0.5, 0.6) is 0 Å². The summed E-state index contributed by atoms with van der Waals surface area (Å²) in [6.45, 7) is 5.28. The van der Waals surface area contributed by atoms with E-state index < -0.39 is 0 Å². The van der Waals surface area contributed by atoms with Gasteiger partial charge in [0.05, 0.1) is 12.3 Å². The summed E-state index contributed by atoms with van der Waals surface area (Å²) in [5, 5.41) is 6.97.